The molecule has 1 rings (SSSR count). The van der Waals surface area contributed by atoms with Gasteiger partial charge in [-0.05, 0) is 13.0 Å². The number of likely N-dealkylation sites (tertiary alicyclic amines) is 1. The molecule has 3 atom stereocenters. The molecule has 2 N–H and O–H groups in total. The van der Waals surface area contributed by atoms with Crippen molar-refractivity contribution < 1.29 is 0 Å². The lowest BCUT2D eigenvalue weighted by Crippen LogP contribution is -2.40. The summed E-state index contributed by atoms with van der Waals surface area (Å²) in [6.07, 6.45) is 0. The molecule has 0 aromatic carbocycles. The van der Waals surface area contributed by atoms with Gasteiger partial charge in [-0.15, -0.1) is 0 Å². The summed E-state index contributed by atoms with van der Waals surface area (Å²) in [5.74, 6) is 0.671. The van der Waals surface area contributed by atoms with E-state index in [1.807, 2.05) is 0 Å². The van der Waals surface area contributed by atoms with Crippen LogP contribution in [-0.4, -0.2) is 35.0 Å². The van der Waals surface area contributed by atoms with Gasteiger partial charge in [-0.25, -0.2) is 0 Å². The highest BCUT2D eigenvalue weighted by molar-refractivity contribution is 14.1. The molecule has 0 radical (unpaired) electrons. The second-order valence-corrected chi connectivity index (χ2v) is 4.10. The van der Waals surface area contributed by atoms with Crippen LogP contribution in [0.3, 0.4) is 0 Å². The standard InChI is InChI=1S/C7H15IN2/c1-5-4-10(2)6(3-8)7(5)9/h5-7H,3-4,9H2,1-2H3. The van der Waals surface area contributed by atoms with Crippen LogP contribution in [0.2, 0.25) is 0 Å². The molecule has 60 valence electrons. The molecule has 2 nitrogen and oxygen atoms in total. The first kappa shape index (κ1) is 8.74. The molecule has 10 heavy (non-hydrogen) atoms. The number of hydrogen-bond acceptors (Lipinski definition) is 2. The van der Waals surface area contributed by atoms with Gasteiger partial charge in [0, 0.05) is 23.1 Å². The summed E-state index contributed by atoms with van der Waals surface area (Å²) in [5, 5.41) is 0. The van der Waals surface area contributed by atoms with E-state index in [1.165, 1.54) is 0 Å². The first-order chi connectivity index (χ1) is 4.66. The van der Waals surface area contributed by atoms with Crippen LogP contribution in [-0.2, 0) is 0 Å². The summed E-state index contributed by atoms with van der Waals surface area (Å²) in [6.45, 7) is 3.39. The second kappa shape index (κ2) is 3.36. The van der Waals surface area contributed by atoms with Crippen molar-refractivity contribution in [2.24, 2.45) is 11.7 Å². The summed E-state index contributed by atoms with van der Waals surface area (Å²) in [6, 6.07) is 0.998. The van der Waals surface area contributed by atoms with Gasteiger partial charge in [0.2, 0.25) is 0 Å². The molecule has 1 heterocycles. The Labute approximate surface area is 76.3 Å². The molecule has 3 heteroatoms. The third kappa shape index (κ3) is 1.46. The molecule has 0 aromatic heterocycles. The first-order valence-corrected chi connectivity index (χ1v) is 5.21. The minimum absolute atomic E-state index is 0.391. The van der Waals surface area contributed by atoms with Crippen molar-refractivity contribution in [1.29, 1.82) is 0 Å². The number of alkyl halides is 1. The van der Waals surface area contributed by atoms with Gasteiger partial charge in [0.05, 0.1) is 0 Å². The van der Waals surface area contributed by atoms with Crippen molar-refractivity contribution in [3.8, 4) is 0 Å². The molecule has 0 aliphatic carbocycles. The van der Waals surface area contributed by atoms with Gasteiger partial charge in [-0.1, -0.05) is 29.5 Å². The van der Waals surface area contributed by atoms with Crippen LogP contribution in [0.4, 0.5) is 0 Å². The average Bonchev–Trinajstić information content (AvgIpc) is 2.09. The summed E-state index contributed by atoms with van der Waals surface area (Å²) >= 11 is 2.41. The Bertz CT molecular complexity index is 118. The molecule has 3 unspecified atom stereocenters. The number of nitrogens with two attached hydrogens (primary N) is 1. The normalized spacial score (nSPS) is 42.6. The molecule has 1 aliphatic rings. The van der Waals surface area contributed by atoms with E-state index in [4.69, 9.17) is 5.73 Å². The van der Waals surface area contributed by atoms with Gasteiger partial charge in [0.15, 0.2) is 0 Å². The second-order valence-electron chi connectivity index (χ2n) is 3.22. The van der Waals surface area contributed by atoms with Crippen LogP contribution < -0.4 is 5.73 Å². The van der Waals surface area contributed by atoms with Crippen molar-refractivity contribution in [3.05, 3.63) is 0 Å². The van der Waals surface area contributed by atoms with Gasteiger partial charge in [-0.3, -0.25) is 0 Å². The smallest absolute Gasteiger partial charge is 0.0336 e. The van der Waals surface area contributed by atoms with Crippen LogP contribution in [0.1, 0.15) is 6.92 Å². The van der Waals surface area contributed by atoms with E-state index in [9.17, 15) is 0 Å². The van der Waals surface area contributed by atoms with Gasteiger partial charge in [-0.2, -0.15) is 0 Å². The van der Waals surface area contributed by atoms with E-state index in [0.29, 0.717) is 18.0 Å². The lowest BCUT2D eigenvalue weighted by molar-refractivity contribution is 0.325. The maximum absolute atomic E-state index is 5.98. The van der Waals surface area contributed by atoms with Crippen LogP contribution in [0.5, 0.6) is 0 Å². The van der Waals surface area contributed by atoms with E-state index in [0.717, 1.165) is 11.0 Å². The fourth-order valence-corrected chi connectivity index (χ4v) is 2.86. The minimum Gasteiger partial charge on any atom is -0.326 e. The Morgan fingerprint density at radius 1 is 1.70 bits per heavy atom. The average molecular weight is 254 g/mol. The molecular weight excluding hydrogens is 239 g/mol. The highest BCUT2D eigenvalue weighted by Gasteiger charge is 2.33. The molecule has 1 aliphatic heterocycles. The summed E-state index contributed by atoms with van der Waals surface area (Å²) < 4.78 is 1.15. The van der Waals surface area contributed by atoms with Gasteiger partial charge >= 0.3 is 0 Å². The lowest BCUT2D eigenvalue weighted by atomic mass is 10.0. The van der Waals surface area contributed by atoms with Crippen molar-refractivity contribution in [2.45, 2.75) is 19.0 Å². The predicted octanol–water partition coefficient (Wildman–Crippen LogP) is 0.699. The largest absolute Gasteiger partial charge is 0.326 e. The fourth-order valence-electron chi connectivity index (χ4n) is 1.61. The Morgan fingerprint density at radius 2 is 2.30 bits per heavy atom. The highest BCUT2D eigenvalue weighted by Crippen LogP contribution is 2.21. The molecule has 1 fully saturated rings. The lowest BCUT2D eigenvalue weighted by Gasteiger charge is -2.19. The third-order valence-electron chi connectivity index (χ3n) is 2.40. The molecule has 0 spiro atoms. The molecule has 0 amide bonds. The molecule has 0 aromatic rings. The number of rotatable bonds is 1. The summed E-state index contributed by atoms with van der Waals surface area (Å²) in [5.41, 5.74) is 5.98. The maximum atomic E-state index is 5.98. The molecule has 0 saturated carbocycles. The maximum Gasteiger partial charge on any atom is 0.0336 e. The first-order valence-electron chi connectivity index (χ1n) is 3.68. The Hall–Kier alpha value is 0.650. The quantitative estimate of drug-likeness (QED) is 0.551. The summed E-state index contributed by atoms with van der Waals surface area (Å²) in [7, 11) is 2.16. The number of hydrogen-bond donors (Lipinski definition) is 1. The zero-order valence-corrected chi connectivity index (χ0v) is 8.71. The molecule has 0 bridgehead atoms. The monoisotopic (exact) mass is 254 g/mol. The molecular formula is C7H15IN2. The zero-order valence-electron chi connectivity index (χ0n) is 6.55. The SMILES string of the molecule is CC1CN(C)C(CI)C1N. The van der Waals surface area contributed by atoms with Crippen molar-refractivity contribution in [3.63, 3.8) is 0 Å². The van der Waals surface area contributed by atoms with E-state index >= 15 is 0 Å². The predicted molar refractivity (Wildman–Crippen MR) is 52.4 cm³/mol. The van der Waals surface area contributed by atoms with Crippen LogP contribution in [0.15, 0.2) is 0 Å². The number of likely N-dealkylation sites (N-methyl/N-ethyl adjacent to an activating group) is 1. The molecule has 1 saturated heterocycles. The Morgan fingerprint density at radius 3 is 2.50 bits per heavy atom. The van der Waals surface area contributed by atoms with Crippen molar-refractivity contribution >= 4 is 22.6 Å². The van der Waals surface area contributed by atoms with E-state index < -0.39 is 0 Å². The van der Waals surface area contributed by atoms with E-state index in [-0.39, 0.29) is 0 Å². The zero-order chi connectivity index (χ0) is 7.72. The minimum atomic E-state index is 0.391. The Kier molecular flexibility index (Phi) is 2.94. The topological polar surface area (TPSA) is 29.3 Å². The van der Waals surface area contributed by atoms with E-state index in [1.54, 1.807) is 0 Å². The van der Waals surface area contributed by atoms with Crippen LogP contribution in [0.25, 0.3) is 0 Å². The van der Waals surface area contributed by atoms with Gasteiger partial charge in [0.25, 0.3) is 0 Å². The van der Waals surface area contributed by atoms with Gasteiger partial charge < -0.3 is 10.6 Å². The van der Waals surface area contributed by atoms with Crippen molar-refractivity contribution in [2.75, 3.05) is 18.0 Å². The summed E-state index contributed by atoms with van der Waals surface area (Å²) in [4.78, 5) is 2.36. The van der Waals surface area contributed by atoms with Crippen LogP contribution >= 0.6 is 22.6 Å². The Balaban J connectivity index is 2.55. The van der Waals surface area contributed by atoms with Gasteiger partial charge in [0.1, 0.15) is 0 Å². The third-order valence-corrected chi connectivity index (χ3v) is 3.30. The number of nitrogens with zero attached hydrogens (tertiary/aromatic N) is 1. The fraction of sp³-hybridized carbons (Fsp3) is 1.00. The highest BCUT2D eigenvalue weighted by atomic mass is 127. The van der Waals surface area contributed by atoms with Crippen molar-refractivity contribution in [1.82, 2.24) is 4.90 Å². The van der Waals surface area contributed by atoms with E-state index in [2.05, 4.69) is 41.5 Å². The number of halogens is 1. The van der Waals surface area contributed by atoms with Crippen LogP contribution in [0, 0.1) is 5.92 Å².